The fourth-order valence-corrected chi connectivity index (χ4v) is 0.323. The zero-order chi connectivity index (χ0) is 5.28. The van der Waals surface area contributed by atoms with Crippen LogP contribution in [0.3, 0.4) is 0 Å². The normalized spacial score (nSPS) is 9.29. The molecule has 0 saturated carbocycles. The molecule has 1 aromatic rings. The molecule has 0 aliphatic carbocycles. The molecule has 0 saturated heterocycles. The Bertz CT molecular complexity index is 142. The van der Waals surface area contributed by atoms with Gasteiger partial charge in [0, 0.05) is 0 Å². The highest BCUT2D eigenvalue weighted by atomic mass is 16.4. The van der Waals surface area contributed by atoms with Crippen LogP contribution in [0.2, 0.25) is 0 Å². The van der Waals surface area contributed by atoms with Crippen molar-refractivity contribution in [3.8, 4) is 0 Å². The van der Waals surface area contributed by atoms with Crippen LogP contribution in [0.1, 0.15) is 5.69 Å². The van der Waals surface area contributed by atoms with Gasteiger partial charge in [0.25, 0.3) is 6.01 Å². The van der Waals surface area contributed by atoms with Crippen molar-refractivity contribution in [2.45, 2.75) is 0 Å². The molecule has 0 fully saturated rings. The van der Waals surface area contributed by atoms with Crippen molar-refractivity contribution in [1.82, 2.24) is 4.98 Å². The van der Waals surface area contributed by atoms with Crippen LogP contribution in [0.4, 0.5) is 6.01 Å². The maximum atomic E-state index is 5.06. The Hall–Kier alpha value is -0.990. The summed E-state index contributed by atoms with van der Waals surface area (Å²) in [6.07, 6.45) is 1.40. The predicted octanol–water partition coefficient (Wildman–Crippen LogP) is 0.439. The smallest absolute Gasteiger partial charge is 0.292 e. The first-order chi connectivity index (χ1) is 3.29. The highest BCUT2D eigenvalue weighted by Crippen LogP contribution is 1.98. The largest absolute Gasteiger partial charge is 0.432 e. The average molecular weight is 97.1 g/mol. The van der Waals surface area contributed by atoms with Gasteiger partial charge < -0.3 is 10.2 Å². The summed E-state index contributed by atoms with van der Waals surface area (Å²) in [6.45, 7) is 3.46. The van der Waals surface area contributed by atoms with Crippen LogP contribution in [0.25, 0.3) is 0 Å². The van der Waals surface area contributed by atoms with Crippen molar-refractivity contribution in [3.05, 3.63) is 18.9 Å². The van der Waals surface area contributed by atoms with Crippen LogP contribution in [0.5, 0.6) is 0 Å². The van der Waals surface area contributed by atoms with Gasteiger partial charge in [0.05, 0.1) is 5.69 Å². The van der Waals surface area contributed by atoms with Gasteiger partial charge in [-0.25, -0.2) is 0 Å². The minimum atomic E-state index is 0.171. The van der Waals surface area contributed by atoms with E-state index < -0.39 is 0 Å². The number of rotatable bonds is 0. The van der Waals surface area contributed by atoms with Crippen molar-refractivity contribution in [1.29, 1.82) is 0 Å². The highest BCUT2D eigenvalue weighted by Gasteiger charge is 1.88. The fourth-order valence-electron chi connectivity index (χ4n) is 0.323. The maximum Gasteiger partial charge on any atom is 0.292 e. The SMILES string of the molecule is [CH2]c1coc(N)n1. The van der Waals surface area contributed by atoms with Gasteiger partial charge >= 0.3 is 0 Å². The first-order valence-corrected chi connectivity index (χ1v) is 1.82. The van der Waals surface area contributed by atoms with Crippen LogP contribution in [0, 0.1) is 6.92 Å². The number of hydrogen-bond donors (Lipinski definition) is 1. The van der Waals surface area contributed by atoms with Gasteiger partial charge in [-0.3, -0.25) is 0 Å². The summed E-state index contributed by atoms with van der Waals surface area (Å²) in [6, 6.07) is 0.171. The molecule has 0 unspecified atom stereocenters. The van der Waals surface area contributed by atoms with E-state index in [9.17, 15) is 0 Å². The van der Waals surface area contributed by atoms with Gasteiger partial charge in [-0.05, 0) is 6.92 Å². The molecule has 37 valence electrons. The van der Waals surface area contributed by atoms with Crippen LogP contribution < -0.4 is 5.73 Å². The van der Waals surface area contributed by atoms with E-state index >= 15 is 0 Å². The standard InChI is InChI=1S/C4H5N2O/c1-3-2-7-4(5)6-3/h2H,1H2,(H2,5,6). The number of anilines is 1. The molecule has 7 heavy (non-hydrogen) atoms. The molecule has 0 amide bonds. The third-order valence-corrected chi connectivity index (χ3v) is 0.570. The maximum absolute atomic E-state index is 5.06. The molecule has 3 heteroatoms. The van der Waals surface area contributed by atoms with E-state index in [4.69, 9.17) is 5.73 Å². The van der Waals surface area contributed by atoms with Crippen LogP contribution in [0.15, 0.2) is 10.7 Å². The molecule has 1 aromatic heterocycles. The first-order valence-electron chi connectivity index (χ1n) is 1.82. The number of nitrogens with zero attached hydrogens (tertiary/aromatic N) is 1. The van der Waals surface area contributed by atoms with Crippen molar-refractivity contribution < 1.29 is 4.42 Å². The fraction of sp³-hybridized carbons (Fsp3) is 0. The second kappa shape index (κ2) is 1.26. The molecule has 1 rings (SSSR count). The Morgan fingerprint density at radius 2 is 2.57 bits per heavy atom. The Labute approximate surface area is 41.2 Å². The summed E-state index contributed by atoms with van der Waals surface area (Å²) in [5.41, 5.74) is 5.63. The van der Waals surface area contributed by atoms with Gasteiger partial charge in [-0.2, -0.15) is 4.98 Å². The summed E-state index contributed by atoms with van der Waals surface area (Å²) < 4.78 is 4.57. The quantitative estimate of drug-likeness (QED) is 0.511. The summed E-state index contributed by atoms with van der Waals surface area (Å²) in [5.74, 6) is 0. The third-order valence-electron chi connectivity index (χ3n) is 0.570. The van der Waals surface area contributed by atoms with E-state index in [2.05, 4.69) is 16.3 Å². The van der Waals surface area contributed by atoms with E-state index in [1.807, 2.05) is 0 Å². The zero-order valence-electron chi connectivity index (χ0n) is 3.72. The summed E-state index contributed by atoms with van der Waals surface area (Å²) in [7, 11) is 0. The molecule has 3 nitrogen and oxygen atoms in total. The van der Waals surface area contributed by atoms with Gasteiger partial charge in [-0.15, -0.1) is 0 Å². The van der Waals surface area contributed by atoms with Crippen LogP contribution >= 0.6 is 0 Å². The van der Waals surface area contributed by atoms with E-state index in [-0.39, 0.29) is 6.01 Å². The molecular weight excluding hydrogens is 92.1 g/mol. The molecule has 0 spiro atoms. The lowest BCUT2D eigenvalue weighted by molar-refractivity contribution is 0.580. The second-order valence-corrected chi connectivity index (χ2v) is 1.18. The second-order valence-electron chi connectivity index (χ2n) is 1.18. The number of nitrogens with two attached hydrogens (primary N) is 1. The molecule has 1 heterocycles. The molecule has 0 aliphatic rings. The molecule has 0 atom stereocenters. The number of oxazole rings is 1. The van der Waals surface area contributed by atoms with Crippen molar-refractivity contribution in [3.63, 3.8) is 0 Å². The van der Waals surface area contributed by atoms with E-state index in [0.29, 0.717) is 5.69 Å². The van der Waals surface area contributed by atoms with Crippen molar-refractivity contribution in [2.75, 3.05) is 5.73 Å². The molecule has 0 aromatic carbocycles. The van der Waals surface area contributed by atoms with Crippen LogP contribution in [-0.2, 0) is 0 Å². The molecule has 0 aliphatic heterocycles. The molecular formula is C4H5N2O. The lowest BCUT2D eigenvalue weighted by atomic mass is 10.6. The van der Waals surface area contributed by atoms with Gasteiger partial charge in [0.2, 0.25) is 0 Å². The van der Waals surface area contributed by atoms with Crippen molar-refractivity contribution in [2.24, 2.45) is 0 Å². The first kappa shape index (κ1) is 4.18. The van der Waals surface area contributed by atoms with E-state index in [1.165, 1.54) is 6.26 Å². The summed E-state index contributed by atoms with van der Waals surface area (Å²) in [4.78, 5) is 3.61. The minimum Gasteiger partial charge on any atom is -0.432 e. The number of hydrogen-bond acceptors (Lipinski definition) is 3. The topological polar surface area (TPSA) is 52.0 Å². The third kappa shape index (κ3) is 0.707. The Morgan fingerprint density at radius 3 is 2.71 bits per heavy atom. The Morgan fingerprint density at radius 1 is 1.86 bits per heavy atom. The van der Waals surface area contributed by atoms with Crippen LogP contribution in [-0.4, -0.2) is 4.98 Å². The lowest BCUT2D eigenvalue weighted by Crippen LogP contribution is -1.81. The molecule has 1 radical (unpaired) electrons. The van der Waals surface area contributed by atoms with E-state index in [0.717, 1.165) is 0 Å². The average Bonchev–Trinajstić information content (AvgIpc) is 1.87. The number of aromatic nitrogens is 1. The Kier molecular flexibility index (Phi) is 0.749. The van der Waals surface area contributed by atoms with E-state index in [1.54, 1.807) is 0 Å². The predicted molar refractivity (Wildman–Crippen MR) is 25.4 cm³/mol. The Balaban J connectivity index is 3.04. The van der Waals surface area contributed by atoms with Gasteiger partial charge in [0.1, 0.15) is 6.26 Å². The molecule has 2 N–H and O–H groups in total. The zero-order valence-corrected chi connectivity index (χ0v) is 3.72. The van der Waals surface area contributed by atoms with Crippen molar-refractivity contribution >= 4 is 6.01 Å². The summed E-state index contributed by atoms with van der Waals surface area (Å²) in [5, 5.41) is 0. The number of nitrogen functional groups attached to an aromatic ring is 1. The van der Waals surface area contributed by atoms with Gasteiger partial charge in [0.15, 0.2) is 0 Å². The van der Waals surface area contributed by atoms with Gasteiger partial charge in [-0.1, -0.05) is 0 Å². The highest BCUT2D eigenvalue weighted by molar-refractivity contribution is 5.13. The minimum absolute atomic E-state index is 0.171. The summed E-state index contributed by atoms with van der Waals surface area (Å²) >= 11 is 0. The molecule has 0 bridgehead atoms. The lowest BCUT2D eigenvalue weighted by Gasteiger charge is -1.70. The monoisotopic (exact) mass is 97.0 g/mol.